The number of fused-ring (bicyclic) bond motifs is 1. The van der Waals surface area contributed by atoms with Crippen molar-refractivity contribution in [1.82, 2.24) is 19.9 Å². The van der Waals surface area contributed by atoms with Crippen LogP contribution in [0, 0.1) is 6.92 Å². The smallest absolute Gasteiger partial charge is 0.253 e. The summed E-state index contributed by atoms with van der Waals surface area (Å²) >= 11 is 2.85. The third kappa shape index (κ3) is 2.83. The molecule has 3 heterocycles. The van der Waals surface area contributed by atoms with E-state index in [4.69, 9.17) is 5.73 Å². The molecule has 7 nitrogen and oxygen atoms in total. The third-order valence-corrected chi connectivity index (χ3v) is 4.47. The van der Waals surface area contributed by atoms with Crippen molar-refractivity contribution >= 4 is 45.1 Å². The molecule has 3 rings (SSSR count). The fourth-order valence-corrected chi connectivity index (χ4v) is 3.63. The van der Waals surface area contributed by atoms with Gasteiger partial charge in [0.2, 0.25) is 5.95 Å². The van der Waals surface area contributed by atoms with Gasteiger partial charge in [-0.1, -0.05) is 0 Å². The summed E-state index contributed by atoms with van der Waals surface area (Å²) < 4.78 is 0. The molecule has 0 saturated heterocycles. The number of hydrogen-bond donors (Lipinski definition) is 3. The van der Waals surface area contributed by atoms with Gasteiger partial charge in [0.25, 0.3) is 5.56 Å². The van der Waals surface area contributed by atoms with Gasteiger partial charge in [-0.3, -0.25) is 4.79 Å². The minimum atomic E-state index is -0.286. The van der Waals surface area contributed by atoms with Gasteiger partial charge in [0.05, 0.1) is 0 Å². The zero-order chi connectivity index (χ0) is 15.0. The predicted molar refractivity (Wildman–Crippen MR) is 85.1 cm³/mol. The van der Waals surface area contributed by atoms with E-state index >= 15 is 0 Å². The first-order valence-corrected chi connectivity index (χ1v) is 7.69. The molecule has 3 aromatic heterocycles. The summed E-state index contributed by atoms with van der Waals surface area (Å²) in [5.74, 6) is 0.708. The molecule has 9 heteroatoms. The van der Waals surface area contributed by atoms with E-state index in [9.17, 15) is 4.79 Å². The van der Waals surface area contributed by atoms with Crippen molar-refractivity contribution < 1.29 is 0 Å². The molecule has 0 aromatic carbocycles. The number of rotatable bonds is 3. The van der Waals surface area contributed by atoms with Crippen LogP contribution in [0.25, 0.3) is 10.2 Å². The van der Waals surface area contributed by atoms with Crippen LogP contribution in [0.4, 0.5) is 11.8 Å². The van der Waals surface area contributed by atoms with Crippen LogP contribution in [0.2, 0.25) is 0 Å². The Morgan fingerprint density at radius 2 is 2.14 bits per heavy atom. The molecule has 108 valence electrons. The molecule has 0 saturated carbocycles. The Morgan fingerprint density at radius 3 is 2.86 bits per heavy atom. The molecule has 0 aliphatic carbocycles. The molecule has 0 radical (unpaired) electrons. The Labute approximate surface area is 128 Å². The average Bonchev–Trinajstić information content (AvgIpc) is 2.78. The number of hydrogen-bond acceptors (Lipinski definition) is 8. The molecule has 4 N–H and O–H groups in total. The van der Waals surface area contributed by atoms with Gasteiger partial charge < -0.3 is 16.0 Å². The minimum absolute atomic E-state index is 0.182. The SMILES string of the molecule is CNc1nc(Sc2nc(N)cc(=O)[nH]2)c2cc(C)sc2n1. The first-order valence-electron chi connectivity index (χ1n) is 6.06. The van der Waals surface area contributed by atoms with Crippen LogP contribution in [-0.2, 0) is 0 Å². The van der Waals surface area contributed by atoms with Crippen LogP contribution in [0.5, 0.6) is 0 Å². The Hall–Kier alpha value is -2.13. The number of aryl methyl sites for hydroxylation is 1. The third-order valence-electron chi connectivity index (χ3n) is 2.64. The highest BCUT2D eigenvalue weighted by Gasteiger charge is 2.13. The average molecular weight is 320 g/mol. The van der Waals surface area contributed by atoms with Gasteiger partial charge in [0.15, 0.2) is 5.16 Å². The Balaban J connectivity index is 2.12. The molecular weight excluding hydrogens is 308 g/mol. The number of H-pyrrole nitrogens is 1. The van der Waals surface area contributed by atoms with Crippen molar-refractivity contribution in [2.45, 2.75) is 17.1 Å². The molecule has 0 amide bonds. The maximum Gasteiger partial charge on any atom is 0.253 e. The van der Waals surface area contributed by atoms with E-state index in [1.165, 1.54) is 17.8 Å². The number of thiophene rings is 1. The number of nitrogens with zero attached hydrogens (tertiary/aromatic N) is 3. The van der Waals surface area contributed by atoms with Crippen LogP contribution in [0.1, 0.15) is 4.88 Å². The van der Waals surface area contributed by atoms with Crippen LogP contribution in [-0.4, -0.2) is 27.0 Å². The van der Waals surface area contributed by atoms with Crippen molar-refractivity contribution in [3.05, 3.63) is 27.4 Å². The topological polar surface area (TPSA) is 110 Å². The van der Waals surface area contributed by atoms with E-state index in [2.05, 4.69) is 25.3 Å². The summed E-state index contributed by atoms with van der Waals surface area (Å²) in [6, 6.07) is 3.26. The molecule has 0 unspecified atom stereocenters. The fraction of sp³-hybridized carbons (Fsp3) is 0.167. The van der Waals surface area contributed by atoms with Gasteiger partial charge in [0, 0.05) is 23.4 Å². The molecule has 0 atom stereocenters. The zero-order valence-electron chi connectivity index (χ0n) is 11.3. The molecule has 0 aliphatic heterocycles. The van der Waals surface area contributed by atoms with Crippen LogP contribution in [0.15, 0.2) is 27.1 Å². The van der Waals surface area contributed by atoms with Crippen LogP contribution in [0.3, 0.4) is 0 Å². The summed E-state index contributed by atoms with van der Waals surface area (Å²) in [6.07, 6.45) is 0. The van der Waals surface area contributed by atoms with E-state index < -0.39 is 0 Å². The van der Waals surface area contributed by atoms with E-state index in [0.717, 1.165) is 20.1 Å². The van der Waals surface area contributed by atoms with Crippen molar-refractivity contribution in [2.24, 2.45) is 0 Å². The highest BCUT2D eigenvalue weighted by molar-refractivity contribution is 7.99. The van der Waals surface area contributed by atoms with Crippen molar-refractivity contribution in [3.8, 4) is 0 Å². The van der Waals surface area contributed by atoms with E-state index in [-0.39, 0.29) is 11.4 Å². The standard InChI is InChI=1S/C12H12N6OS2/c1-5-3-6-9(20-5)17-11(14-2)18-10(6)21-12-15-7(13)4-8(19)16-12/h3-4H,1-2H3,(H,14,17,18)(H3,13,15,16,19). The van der Waals surface area contributed by atoms with E-state index in [1.807, 2.05) is 13.0 Å². The summed E-state index contributed by atoms with van der Waals surface area (Å²) in [4.78, 5) is 29.1. The molecule has 0 bridgehead atoms. The Kier molecular flexibility index (Phi) is 3.52. The van der Waals surface area contributed by atoms with Crippen LogP contribution >= 0.6 is 23.1 Å². The lowest BCUT2D eigenvalue weighted by atomic mass is 10.4. The number of aromatic nitrogens is 4. The molecule has 0 fully saturated rings. The second kappa shape index (κ2) is 5.34. The maximum absolute atomic E-state index is 11.5. The summed E-state index contributed by atoms with van der Waals surface area (Å²) in [6.45, 7) is 2.01. The second-order valence-electron chi connectivity index (χ2n) is 4.26. The minimum Gasteiger partial charge on any atom is -0.383 e. The van der Waals surface area contributed by atoms with Gasteiger partial charge in [0.1, 0.15) is 15.7 Å². The molecule has 21 heavy (non-hydrogen) atoms. The molecule has 0 spiro atoms. The number of nitrogen functional groups attached to an aromatic ring is 1. The van der Waals surface area contributed by atoms with Gasteiger partial charge in [-0.2, -0.15) is 0 Å². The van der Waals surface area contributed by atoms with Crippen molar-refractivity contribution in [2.75, 3.05) is 18.1 Å². The molecule has 3 aromatic rings. The second-order valence-corrected chi connectivity index (χ2v) is 6.47. The first-order chi connectivity index (χ1) is 10.0. The lowest BCUT2D eigenvalue weighted by Crippen LogP contribution is -2.09. The largest absolute Gasteiger partial charge is 0.383 e. The summed E-state index contributed by atoms with van der Waals surface area (Å²) in [5, 5.41) is 5.00. The quantitative estimate of drug-likeness (QED) is 0.499. The lowest BCUT2D eigenvalue weighted by Gasteiger charge is -2.05. The molecule has 0 aliphatic rings. The lowest BCUT2D eigenvalue weighted by molar-refractivity contribution is 0.941. The summed E-state index contributed by atoms with van der Waals surface area (Å²) in [5.41, 5.74) is 5.31. The van der Waals surface area contributed by atoms with Gasteiger partial charge >= 0.3 is 0 Å². The van der Waals surface area contributed by atoms with E-state index in [0.29, 0.717) is 11.1 Å². The Bertz CT molecular complexity index is 872. The molecular formula is C12H12N6OS2. The maximum atomic E-state index is 11.5. The van der Waals surface area contributed by atoms with Gasteiger partial charge in [-0.25, -0.2) is 15.0 Å². The summed E-state index contributed by atoms with van der Waals surface area (Å²) in [7, 11) is 1.76. The van der Waals surface area contributed by atoms with Gasteiger partial charge in [-0.05, 0) is 24.8 Å². The monoisotopic (exact) mass is 320 g/mol. The number of nitrogens with one attached hydrogen (secondary N) is 2. The van der Waals surface area contributed by atoms with E-state index in [1.54, 1.807) is 18.4 Å². The number of nitrogens with two attached hydrogens (primary N) is 1. The number of aromatic amines is 1. The van der Waals surface area contributed by atoms with Gasteiger partial charge in [-0.15, -0.1) is 11.3 Å². The van der Waals surface area contributed by atoms with Crippen molar-refractivity contribution in [3.63, 3.8) is 0 Å². The predicted octanol–water partition coefficient (Wildman–Crippen LogP) is 1.86. The highest BCUT2D eigenvalue weighted by atomic mass is 32.2. The fourth-order valence-electron chi connectivity index (χ4n) is 1.80. The Morgan fingerprint density at radius 1 is 1.33 bits per heavy atom. The normalized spacial score (nSPS) is 11.0. The van der Waals surface area contributed by atoms with Crippen LogP contribution < -0.4 is 16.6 Å². The first kappa shape index (κ1) is 13.8. The highest BCUT2D eigenvalue weighted by Crippen LogP contribution is 2.34. The van der Waals surface area contributed by atoms with Crippen molar-refractivity contribution in [1.29, 1.82) is 0 Å². The number of anilines is 2. The zero-order valence-corrected chi connectivity index (χ0v) is 12.9.